The molecule has 0 saturated heterocycles. The van der Waals surface area contributed by atoms with Crippen molar-refractivity contribution in [2.24, 2.45) is 5.92 Å². The minimum absolute atomic E-state index is 0.116. The average Bonchev–Trinajstić information content (AvgIpc) is 3.16. The first-order chi connectivity index (χ1) is 23.5. The van der Waals surface area contributed by atoms with Crippen LogP contribution in [-0.4, -0.2) is 14.2 Å². The van der Waals surface area contributed by atoms with Crippen LogP contribution in [0.1, 0.15) is 16.7 Å². The molecule has 5 aromatic carbocycles. The molecule has 0 radical (unpaired) electrons. The number of hydrogen-bond donors (Lipinski definition) is 0. The van der Waals surface area contributed by atoms with Crippen molar-refractivity contribution in [3.63, 3.8) is 0 Å². The molecule has 0 aliphatic carbocycles. The molecule has 1 aliphatic rings. The van der Waals surface area contributed by atoms with Gasteiger partial charge >= 0.3 is 11.5 Å². The molecule has 0 amide bonds. The normalized spacial score (nSPS) is 14.0. The summed E-state index contributed by atoms with van der Waals surface area (Å²) >= 11 is 0. The van der Waals surface area contributed by atoms with E-state index in [1.165, 1.54) is 0 Å². The van der Waals surface area contributed by atoms with Crippen LogP contribution in [0.2, 0.25) is 0 Å². The van der Waals surface area contributed by atoms with Crippen LogP contribution in [0.4, 0.5) is 0 Å². The molecule has 0 spiro atoms. The van der Waals surface area contributed by atoms with Crippen molar-refractivity contribution in [1.29, 1.82) is 0 Å². The van der Waals surface area contributed by atoms with E-state index in [9.17, 15) is 9.59 Å². The molecule has 7 rings (SSSR count). The van der Waals surface area contributed by atoms with E-state index in [4.69, 9.17) is 18.6 Å². The van der Waals surface area contributed by atoms with Gasteiger partial charge < -0.3 is 14.2 Å². The number of methoxy groups -OCH3 is 2. The Morgan fingerprint density at radius 3 is 1.81 bits per heavy atom. The zero-order valence-corrected chi connectivity index (χ0v) is 26.4. The van der Waals surface area contributed by atoms with Crippen LogP contribution in [-0.2, 0) is 4.74 Å². The van der Waals surface area contributed by atoms with Gasteiger partial charge in [-0.3, -0.25) is 9.59 Å². The molecule has 48 heavy (non-hydrogen) atoms. The van der Waals surface area contributed by atoms with Crippen molar-refractivity contribution in [2.75, 3.05) is 14.2 Å². The monoisotopic (exact) mass is 631 g/mol. The van der Waals surface area contributed by atoms with Gasteiger partial charge in [0.1, 0.15) is 28.6 Å². The van der Waals surface area contributed by atoms with E-state index in [0.29, 0.717) is 40.1 Å². The number of allylic oxidation sites excluding steroid dienone is 2. The van der Waals surface area contributed by atoms with Crippen molar-refractivity contribution in [1.82, 2.24) is 0 Å². The third-order valence-electron chi connectivity index (χ3n) is 8.23. The number of ether oxygens (including phenoxy) is 3. The summed E-state index contributed by atoms with van der Waals surface area (Å²) in [6.07, 6.45) is 7.14. The van der Waals surface area contributed by atoms with Crippen LogP contribution in [0.5, 0.6) is 11.5 Å². The molecule has 6 heteroatoms. The van der Waals surface area contributed by atoms with E-state index in [1.54, 1.807) is 26.4 Å². The van der Waals surface area contributed by atoms with Gasteiger partial charge in [-0.15, -0.1) is 0 Å². The fraction of sp³-hybridized carbons (Fsp3) is 0.0714. The van der Waals surface area contributed by atoms with Crippen molar-refractivity contribution >= 4 is 23.7 Å². The molecule has 0 bridgehead atoms. The second-order valence-electron chi connectivity index (χ2n) is 11.3. The Hall–Kier alpha value is -6.27. The van der Waals surface area contributed by atoms with Gasteiger partial charge in [-0.2, -0.15) is 0 Å². The topological polar surface area (TPSA) is 73.1 Å². The summed E-state index contributed by atoms with van der Waals surface area (Å²) in [5.74, 6) is 3.27. The zero-order chi connectivity index (χ0) is 33.0. The highest BCUT2D eigenvalue weighted by Crippen LogP contribution is 2.37. The molecule has 0 fully saturated rings. The Labute approximate surface area is 277 Å². The van der Waals surface area contributed by atoms with E-state index in [1.807, 2.05) is 133 Å². The first-order valence-electron chi connectivity index (χ1n) is 15.5. The van der Waals surface area contributed by atoms with Crippen LogP contribution >= 0.6 is 0 Å². The molecule has 0 saturated carbocycles. The van der Waals surface area contributed by atoms with Gasteiger partial charge in [0.15, 0.2) is 0 Å². The molecular formula is C42H31O6+. The number of hydrogen-bond acceptors (Lipinski definition) is 5. The Morgan fingerprint density at radius 2 is 1.15 bits per heavy atom. The van der Waals surface area contributed by atoms with Crippen LogP contribution in [0.15, 0.2) is 147 Å². The quantitative estimate of drug-likeness (QED) is 0.171. The molecule has 2 heterocycles. The molecular weight excluding hydrogens is 600 g/mol. The number of para-hydroxylation sites is 2. The van der Waals surface area contributed by atoms with Gasteiger partial charge in [-0.25, -0.2) is 4.42 Å². The molecule has 1 atom stereocenters. The summed E-state index contributed by atoms with van der Waals surface area (Å²) < 4.78 is 23.9. The maximum Gasteiger partial charge on any atom is 0.365 e. The van der Waals surface area contributed by atoms with E-state index in [-0.39, 0.29) is 27.2 Å². The first kappa shape index (κ1) is 30.4. The van der Waals surface area contributed by atoms with Gasteiger partial charge in [0.2, 0.25) is 10.9 Å². The third-order valence-corrected chi connectivity index (χ3v) is 8.23. The number of benzene rings is 4. The van der Waals surface area contributed by atoms with Crippen LogP contribution < -0.4 is 30.8 Å². The Bertz CT molecular complexity index is 2350. The van der Waals surface area contributed by atoms with Crippen LogP contribution in [0.3, 0.4) is 0 Å². The lowest BCUT2D eigenvalue weighted by Gasteiger charge is -2.22. The molecule has 6 nitrogen and oxygen atoms in total. The van der Waals surface area contributed by atoms with Crippen molar-refractivity contribution in [3.8, 4) is 34.1 Å². The summed E-state index contributed by atoms with van der Waals surface area (Å²) in [6.45, 7) is 0. The lowest BCUT2D eigenvalue weighted by Crippen LogP contribution is -2.64. The third kappa shape index (κ3) is 5.99. The van der Waals surface area contributed by atoms with Crippen LogP contribution in [0, 0.1) is 5.92 Å². The van der Waals surface area contributed by atoms with Gasteiger partial charge in [0.25, 0.3) is 0 Å². The predicted molar refractivity (Wildman–Crippen MR) is 189 cm³/mol. The van der Waals surface area contributed by atoms with E-state index in [0.717, 1.165) is 22.3 Å². The zero-order valence-electron chi connectivity index (χ0n) is 26.4. The maximum atomic E-state index is 13.6. The fourth-order valence-corrected chi connectivity index (χ4v) is 5.84. The standard InChI is InChI=1S/C42H31O6/c1-45-35-19-11-9-17-31(35)39-25-27(23-37(47-39)29-13-5-3-6-14-29)21-33-41(43)34(42(33)44)22-28-24-38(30-15-7-4-8-16-30)48-40(26-28)32-18-10-12-20-36(32)46-2/h3-27H,1-2H3/q+1. The van der Waals surface area contributed by atoms with E-state index in [2.05, 4.69) is 0 Å². The Kier molecular flexibility index (Phi) is 8.37. The molecule has 0 N–H and O–H groups in total. The summed E-state index contributed by atoms with van der Waals surface area (Å²) in [7, 11) is 3.21. The largest absolute Gasteiger partial charge is 0.496 e. The first-order valence-corrected chi connectivity index (χ1v) is 15.5. The lowest BCUT2D eigenvalue weighted by molar-refractivity contribution is 0.404. The minimum atomic E-state index is -0.379. The Balaban J connectivity index is 1.33. The van der Waals surface area contributed by atoms with E-state index < -0.39 is 0 Å². The van der Waals surface area contributed by atoms with E-state index >= 15 is 0 Å². The highest BCUT2D eigenvalue weighted by atomic mass is 16.5. The summed E-state index contributed by atoms with van der Waals surface area (Å²) in [4.78, 5) is 27.1. The summed E-state index contributed by atoms with van der Waals surface area (Å²) in [6, 6.07) is 38.2. The van der Waals surface area contributed by atoms with Gasteiger partial charge in [0, 0.05) is 11.5 Å². The molecule has 1 aromatic heterocycles. The second kappa shape index (κ2) is 13.2. The van der Waals surface area contributed by atoms with Crippen molar-refractivity contribution < 1.29 is 18.6 Å². The number of rotatable bonds is 8. The average molecular weight is 632 g/mol. The van der Waals surface area contributed by atoms with Crippen molar-refractivity contribution in [3.05, 3.63) is 181 Å². The minimum Gasteiger partial charge on any atom is -0.496 e. The predicted octanol–water partition coefficient (Wildman–Crippen LogP) is 6.85. The summed E-state index contributed by atoms with van der Waals surface area (Å²) in [5, 5.41) is 0.256. The maximum absolute atomic E-state index is 13.6. The lowest BCUT2D eigenvalue weighted by atomic mass is 9.97. The van der Waals surface area contributed by atoms with Gasteiger partial charge in [-0.1, -0.05) is 78.9 Å². The SMILES string of the molecule is COc1ccccc1C1=CC(C=c2c(=O)c(=Cc3cc(-c4ccccc4)[o+]c(-c4ccccc4OC)c3)c2=O)C=C(c2ccccc2)O1. The molecule has 6 aromatic rings. The second-order valence-corrected chi connectivity index (χ2v) is 11.3. The highest BCUT2D eigenvalue weighted by Gasteiger charge is 2.24. The van der Waals surface area contributed by atoms with Gasteiger partial charge in [0.05, 0.1) is 47.9 Å². The van der Waals surface area contributed by atoms with Crippen LogP contribution in [0.25, 0.3) is 46.3 Å². The molecule has 234 valence electrons. The Morgan fingerprint density at radius 1 is 0.604 bits per heavy atom. The summed E-state index contributed by atoms with van der Waals surface area (Å²) in [5.41, 5.74) is 3.30. The highest BCUT2D eigenvalue weighted by molar-refractivity contribution is 5.77. The van der Waals surface area contributed by atoms with Crippen molar-refractivity contribution in [2.45, 2.75) is 0 Å². The molecule has 1 aliphatic heterocycles. The smallest absolute Gasteiger partial charge is 0.365 e. The fourth-order valence-electron chi connectivity index (χ4n) is 5.84. The molecule has 1 unspecified atom stereocenters. The van der Waals surface area contributed by atoms with Gasteiger partial charge in [-0.05, 0) is 60.2 Å².